The van der Waals surface area contributed by atoms with Crippen LogP contribution in [0.1, 0.15) is 85.6 Å². The van der Waals surface area contributed by atoms with Crippen LogP contribution in [0.2, 0.25) is 0 Å². The van der Waals surface area contributed by atoms with Crippen molar-refractivity contribution in [3.63, 3.8) is 0 Å². The predicted molar refractivity (Wildman–Crippen MR) is 205 cm³/mol. The van der Waals surface area contributed by atoms with E-state index in [-0.39, 0.29) is 54.4 Å². The molecule has 1 aromatic rings. The highest BCUT2D eigenvalue weighted by molar-refractivity contribution is 5.91. The van der Waals surface area contributed by atoms with Gasteiger partial charge in [-0.15, -0.1) is 0 Å². The number of fused-ring (bicyclic) bond motifs is 2. The molecule has 302 valence electrons. The number of nitrogens with zero attached hydrogens (tertiary/aromatic N) is 2. The molecule has 13 nitrogen and oxygen atoms in total. The van der Waals surface area contributed by atoms with Crippen molar-refractivity contribution >= 4 is 29.6 Å². The number of hydrogen-bond donors (Lipinski definition) is 4. The molecule has 1 saturated carbocycles. The van der Waals surface area contributed by atoms with E-state index in [2.05, 4.69) is 22.9 Å². The zero-order valence-corrected chi connectivity index (χ0v) is 33.7. The normalized spacial score (nSPS) is 26.0. The molecule has 2 bridgehead atoms. The molecule has 2 aliphatic heterocycles. The van der Waals surface area contributed by atoms with Gasteiger partial charge in [0, 0.05) is 40.3 Å². The Bertz CT molecular complexity index is 1440. The Morgan fingerprint density at radius 3 is 2.22 bits per heavy atom. The maximum atomic E-state index is 14.3. The number of rotatable bonds is 19. The molecule has 13 heteroatoms. The minimum absolute atomic E-state index is 0.000454. The van der Waals surface area contributed by atoms with Gasteiger partial charge in [0.1, 0.15) is 12.1 Å². The third-order valence-electron chi connectivity index (χ3n) is 12.6. The Morgan fingerprint density at radius 1 is 1.00 bits per heavy atom. The number of hydrogen-bond acceptors (Lipinski definition) is 8. The number of nitrogens with one attached hydrogen (secondary N) is 3. The van der Waals surface area contributed by atoms with Gasteiger partial charge in [-0.2, -0.15) is 0 Å². The summed E-state index contributed by atoms with van der Waals surface area (Å²) in [5, 5.41) is 19.1. The van der Waals surface area contributed by atoms with E-state index in [1.165, 1.54) is 7.11 Å². The van der Waals surface area contributed by atoms with Crippen molar-refractivity contribution in [2.75, 3.05) is 27.8 Å². The van der Waals surface area contributed by atoms with Crippen LogP contribution in [0.25, 0.3) is 0 Å². The minimum atomic E-state index is -1.13. The lowest BCUT2D eigenvalue weighted by Gasteiger charge is -2.41. The number of piperidine rings is 1. The average molecular weight is 756 g/mol. The zero-order valence-electron chi connectivity index (χ0n) is 33.7. The molecule has 2 heterocycles. The van der Waals surface area contributed by atoms with E-state index in [9.17, 15) is 29.1 Å². The second-order valence-electron chi connectivity index (χ2n) is 16.3. The zero-order chi connectivity index (χ0) is 39.9. The maximum Gasteiger partial charge on any atom is 0.326 e. The first kappa shape index (κ1) is 43.2. The topological polar surface area (TPSA) is 167 Å². The van der Waals surface area contributed by atoms with Gasteiger partial charge in [0.15, 0.2) is 0 Å². The molecule has 0 radical (unpaired) electrons. The van der Waals surface area contributed by atoms with Gasteiger partial charge in [-0.05, 0) is 54.9 Å². The second kappa shape index (κ2) is 19.4. The van der Waals surface area contributed by atoms with E-state index in [1.807, 2.05) is 58.0 Å². The molecule has 0 aromatic heterocycles. The SMILES string of the molecule is CC[C@H](C)[C@@H]([C@@H](CC(=O)N1CCC[C@H]1[C@H](OC)[C@@H](C)C(=O)N[C@@H](Cc1ccccc1)C(=O)O)OC)N(C)C(=O)[C@@H](NC(=O)C1N[C@H]2CC[C@H]1[C@@H]2C)C(C)C. The fourth-order valence-electron chi connectivity index (χ4n) is 9.16. The van der Waals surface area contributed by atoms with Crippen LogP contribution in [0.15, 0.2) is 30.3 Å². The maximum absolute atomic E-state index is 14.3. The van der Waals surface area contributed by atoms with Gasteiger partial charge in [-0.1, -0.05) is 78.3 Å². The molecule has 3 aliphatic rings. The molecule has 1 aromatic carbocycles. The Hall–Kier alpha value is -3.55. The molecule has 54 heavy (non-hydrogen) atoms. The summed E-state index contributed by atoms with van der Waals surface area (Å²) in [7, 11) is 4.79. The van der Waals surface area contributed by atoms with E-state index in [0.29, 0.717) is 31.3 Å². The Labute approximate surface area is 321 Å². The number of carbonyl (C=O) groups is 5. The number of likely N-dealkylation sites (tertiary alicyclic amines) is 1. The molecular formula is C41H65N5O8. The van der Waals surface area contributed by atoms with Gasteiger partial charge < -0.3 is 40.3 Å². The predicted octanol–water partition coefficient (Wildman–Crippen LogP) is 3.25. The number of carbonyl (C=O) groups excluding carboxylic acids is 4. The first-order valence-corrected chi connectivity index (χ1v) is 19.9. The fourth-order valence-corrected chi connectivity index (χ4v) is 9.16. The Balaban J connectivity index is 1.45. The average Bonchev–Trinajstić information content (AvgIpc) is 3.87. The van der Waals surface area contributed by atoms with Crippen LogP contribution in [0.5, 0.6) is 0 Å². The van der Waals surface area contributed by atoms with Crippen molar-refractivity contribution in [2.24, 2.45) is 29.6 Å². The highest BCUT2D eigenvalue weighted by atomic mass is 16.5. The summed E-state index contributed by atoms with van der Waals surface area (Å²) in [4.78, 5) is 71.0. The van der Waals surface area contributed by atoms with Crippen LogP contribution in [-0.2, 0) is 39.9 Å². The number of amides is 4. The first-order chi connectivity index (χ1) is 25.6. The summed E-state index contributed by atoms with van der Waals surface area (Å²) in [6.45, 7) is 12.3. The highest BCUT2D eigenvalue weighted by Gasteiger charge is 2.49. The number of methoxy groups -OCH3 is 2. The molecule has 4 N–H and O–H groups in total. The lowest BCUT2D eigenvalue weighted by atomic mass is 9.89. The molecule has 2 saturated heterocycles. The van der Waals surface area contributed by atoms with E-state index in [1.54, 1.807) is 30.9 Å². The fraction of sp³-hybridized carbons (Fsp3) is 0.732. The summed E-state index contributed by atoms with van der Waals surface area (Å²) < 4.78 is 11.9. The number of aliphatic carboxylic acids is 1. The number of likely N-dealkylation sites (N-methyl/N-ethyl adjacent to an activating group) is 1. The summed E-state index contributed by atoms with van der Waals surface area (Å²) in [6.07, 6.45) is 2.95. The summed E-state index contributed by atoms with van der Waals surface area (Å²) >= 11 is 0. The largest absolute Gasteiger partial charge is 0.480 e. The Kier molecular flexibility index (Phi) is 15.5. The summed E-state index contributed by atoms with van der Waals surface area (Å²) in [5.74, 6) is -2.39. The summed E-state index contributed by atoms with van der Waals surface area (Å²) in [6, 6.07) is 6.40. The Morgan fingerprint density at radius 2 is 1.69 bits per heavy atom. The van der Waals surface area contributed by atoms with Crippen LogP contribution in [0, 0.1) is 29.6 Å². The van der Waals surface area contributed by atoms with Crippen LogP contribution >= 0.6 is 0 Å². The van der Waals surface area contributed by atoms with Crippen molar-refractivity contribution < 1.29 is 38.6 Å². The molecular weight excluding hydrogens is 690 g/mol. The van der Waals surface area contributed by atoms with Crippen molar-refractivity contribution in [1.82, 2.24) is 25.8 Å². The molecule has 12 atom stereocenters. The third kappa shape index (κ3) is 9.81. The molecule has 0 spiro atoms. The quantitative estimate of drug-likeness (QED) is 0.166. The van der Waals surface area contributed by atoms with Crippen LogP contribution < -0.4 is 16.0 Å². The molecule has 3 fully saturated rings. The van der Waals surface area contributed by atoms with E-state index in [4.69, 9.17) is 9.47 Å². The standard InChI is InChI=1S/C41H65N5O8/c1-10-24(4)36(45(7)40(50)34(23(2)3)44-39(49)35-28-18-19-29(42-35)25(28)5)32(53-8)22-33(47)46-20-14-17-31(46)37(54-9)26(6)38(48)43-30(41(51)52)21-27-15-12-11-13-16-27/h11-13,15-16,23-26,28-32,34-37,42H,10,14,17-22H2,1-9H3,(H,43,48)(H,44,49)(H,51,52)/t24-,25-,26+,28-,29-,30-,31-,32+,34-,35?,36-,37+/m0/s1. The van der Waals surface area contributed by atoms with Gasteiger partial charge in [0.25, 0.3) is 0 Å². The molecule has 1 aliphatic carbocycles. The number of benzene rings is 1. The number of carboxylic acids is 1. The number of carboxylic acid groups (broad SMARTS) is 1. The van der Waals surface area contributed by atoms with Gasteiger partial charge in [-0.25, -0.2) is 4.79 Å². The summed E-state index contributed by atoms with van der Waals surface area (Å²) in [5.41, 5.74) is 0.789. The van der Waals surface area contributed by atoms with Crippen LogP contribution in [-0.4, -0.2) is 121 Å². The monoisotopic (exact) mass is 755 g/mol. The van der Waals surface area contributed by atoms with E-state index < -0.39 is 54.2 Å². The third-order valence-corrected chi connectivity index (χ3v) is 12.6. The van der Waals surface area contributed by atoms with Crippen molar-refractivity contribution in [2.45, 2.75) is 135 Å². The van der Waals surface area contributed by atoms with Crippen molar-refractivity contribution in [3.8, 4) is 0 Å². The van der Waals surface area contributed by atoms with E-state index >= 15 is 0 Å². The van der Waals surface area contributed by atoms with Gasteiger partial charge >= 0.3 is 5.97 Å². The lowest BCUT2D eigenvalue weighted by Crippen LogP contribution is -2.60. The smallest absolute Gasteiger partial charge is 0.326 e. The first-order valence-electron chi connectivity index (χ1n) is 19.9. The van der Waals surface area contributed by atoms with Crippen molar-refractivity contribution in [1.29, 1.82) is 0 Å². The van der Waals surface area contributed by atoms with Gasteiger partial charge in [0.2, 0.25) is 23.6 Å². The second-order valence-corrected chi connectivity index (χ2v) is 16.3. The van der Waals surface area contributed by atoms with Gasteiger partial charge in [0.05, 0.1) is 42.7 Å². The van der Waals surface area contributed by atoms with Crippen LogP contribution in [0.3, 0.4) is 0 Å². The number of ether oxygens (including phenoxy) is 2. The lowest BCUT2D eigenvalue weighted by molar-refractivity contribution is -0.148. The van der Waals surface area contributed by atoms with Crippen LogP contribution in [0.4, 0.5) is 0 Å². The molecule has 4 amide bonds. The van der Waals surface area contributed by atoms with Gasteiger partial charge in [-0.3, -0.25) is 19.2 Å². The molecule has 4 rings (SSSR count). The molecule has 1 unspecified atom stereocenters. The minimum Gasteiger partial charge on any atom is -0.480 e. The highest BCUT2D eigenvalue weighted by Crippen LogP contribution is 2.40. The van der Waals surface area contributed by atoms with Crippen molar-refractivity contribution in [3.05, 3.63) is 35.9 Å². The van der Waals surface area contributed by atoms with E-state index in [0.717, 1.165) is 24.8 Å².